The fourth-order valence-electron chi connectivity index (χ4n) is 1.87. The van der Waals surface area contributed by atoms with Crippen molar-refractivity contribution in [3.8, 4) is 0 Å². The highest BCUT2D eigenvalue weighted by Crippen LogP contribution is 2.19. The van der Waals surface area contributed by atoms with Gasteiger partial charge in [-0.3, -0.25) is 0 Å². The quantitative estimate of drug-likeness (QED) is 0.819. The van der Waals surface area contributed by atoms with E-state index >= 15 is 0 Å². The number of nitrogens with zero attached hydrogens (tertiary/aromatic N) is 4. The zero-order chi connectivity index (χ0) is 15.4. The van der Waals surface area contributed by atoms with Crippen LogP contribution in [-0.4, -0.2) is 52.7 Å². The molecule has 0 spiro atoms. The van der Waals surface area contributed by atoms with Crippen molar-refractivity contribution in [3.63, 3.8) is 0 Å². The predicted molar refractivity (Wildman–Crippen MR) is 82.7 cm³/mol. The Morgan fingerprint density at radius 1 is 1.38 bits per heavy atom. The SMILES string of the molecule is CC(C)c1cc2c(NCCNC(=O)N(C)C)nccn2n1. The van der Waals surface area contributed by atoms with Crippen LogP contribution in [0.4, 0.5) is 10.6 Å². The average molecular weight is 290 g/mol. The Morgan fingerprint density at radius 3 is 2.81 bits per heavy atom. The van der Waals surface area contributed by atoms with Crippen molar-refractivity contribution in [1.82, 2.24) is 24.8 Å². The average Bonchev–Trinajstić information content (AvgIpc) is 2.88. The molecule has 2 heterocycles. The lowest BCUT2D eigenvalue weighted by molar-refractivity contribution is 0.218. The van der Waals surface area contributed by atoms with Crippen LogP contribution in [-0.2, 0) is 0 Å². The number of hydrogen-bond donors (Lipinski definition) is 2. The Morgan fingerprint density at radius 2 is 2.14 bits per heavy atom. The molecule has 0 atom stereocenters. The Balaban J connectivity index is 2.00. The Hall–Kier alpha value is -2.31. The number of hydrogen-bond acceptors (Lipinski definition) is 4. The molecule has 0 aromatic carbocycles. The van der Waals surface area contributed by atoms with E-state index in [1.807, 2.05) is 16.8 Å². The smallest absolute Gasteiger partial charge is 0.316 e. The topological polar surface area (TPSA) is 74.6 Å². The van der Waals surface area contributed by atoms with Crippen molar-refractivity contribution >= 4 is 17.4 Å². The summed E-state index contributed by atoms with van der Waals surface area (Å²) in [5.41, 5.74) is 1.98. The number of amides is 2. The van der Waals surface area contributed by atoms with Gasteiger partial charge in [-0.2, -0.15) is 5.10 Å². The molecule has 2 rings (SSSR count). The van der Waals surface area contributed by atoms with Gasteiger partial charge in [-0.15, -0.1) is 0 Å². The van der Waals surface area contributed by atoms with Crippen molar-refractivity contribution < 1.29 is 4.79 Å². The summed E-state index contributed by atoms with van der Waals surface area (Å²) in [5.74, 6) is 1.15. The molecule has 0 aliphatic heterocycles. The summed E-state index contributed by atoms with van der Waals surface area (Å²) in [5, 5.41) is 10.5. The van der Waals surface area contributed by atoms with Crippen LogP contribution in [0.5, 0.6) is 0 Å². The van der Waals surface area contributed by atoms with Gasteiger partial charge in [0.15, 0.2) is 5.82 Å². The molecule has 0 saturated carbocycles. The maximum atomic E-state index is 11.4. The number of carbonyl (C=O) groups excluding carboxylic acids is 1. The van der Waals surface area contributed by atoms with Gasteiger partial charge < -0.3 is 15.5 Å². The third-order valence-corrected chi connectivity index (χ3v) is 3.10. The molecule has 0 bridgehead atoms. The molecule has 7 nitrogen and oxygen atoms in total. The lowest BCUT2D eigenvalue weighted by atomic mass is 10.1. The van der Waals surface area contributed by atoms with Crippen molar-refractivity contribution in [1.29, 1.82) is 0 Å². The van der Waals surface area contributed by atoms with Crippen molar-refractivity contribution in [2.45, 2.75) is 19.8 Å². The molecular formula is C14H22N6O. The number of carbonyl (C=O) groups is 1. The van der Waals surface area contributed by atoms with E-state index in [4.69, 9.17) is 0 Å². The molecule has 2 amide bonds. The number of nitrogens with one attached hydrogen (secondary N) is 2. The third kappa shape index (κ3) is 3.62. The van der Waals surface area contributed by atoms with Crippen molar-refractivity contribution in [3.05, 3.63) is 24.2 Å². The monoisotopic (exact) mass is 290 g/mol. The van der Waals surface area contributed by atoms with Gasteiger partial charge in [-0.25, -0.2) is 14.3 Å². The van der Waals surface area contributed by atoms with Crippen LogP contribution >= 0.6 is 0 Å². The van der Waals surface area contributed by atoms with Crippen molar-refractivity contribution in [2.75, 3.05) is 32.5 Å². The molecule has 0 saturated heterocycles. The van der Waals surface area contributed by atoms with Gasteiger partial charge in [0.25, 0.3) is 0 Å². The zero-order valence-corrected chi connectivity index (χ0v) is 12.9. The van der Waals surface area contributed by atoms with E-state index in [2.05, 4.69) is 34.6 Å². The Bertz CT molecular complexity index is 619. The van der Waals surface area contributed by atoms with Crippen molar-refractivity contribution in [2.24, 2.45) is 0 Å². The fourth-order valence-corrected chi connectivity index (χ4v) is 1.87. The molecular weight excluding hydrogens is 268 g/mol. The van der Waals surface area contributed by atoms with Gasteiger partial charge in [0.1, 0.15) is 5.52 Å². The van der Waals surface area contributed by atoms with Gasteiger partial charge in [-0.05, 0) is 12.0 Å². The van der Waals surface area contributed by atoms with E-state index in [1.165, 1.54) is 4.90 Å². The summed E-state index contributed by atoms with van der Waals surface area (Å²) in [6.07, 6.45) is 3.55. The standard InChI is InChI=1S/C14H22N6O/c1-10(2)11-9-12-13(16-7-8-20(12)18-11)15-5-6-17-14(21)19(3)4/h7-10H,5-6H2,1-4H3,(H,15,16)(H,17,21). The number of aromatic nitrogens is 3. The van der Waals surface area contributed by atoms with E-state index in [0.717, 1.165) is 17.0 Å². The normalized spacial score (nSPS) is 10.9. The van der Waals surface area contributed by atoms with Crippen LogP contribution < -0.4 is 10.6 Å². The maximum Gasteiger partial charge on any atom is 0.316 e. The summed E-state index contributed by atoms with van der Waals surface area (Å²) >= 11 is 0. The van der Waals surface area contributed by atoms with Gasteiger partial charge in [0.2, 0.25) is 0 Å². The van der Waals surface area contributed by atoms with Crippen LogP contribution in [0.15, 0.2) is 18.5 Å². The molecule has 7 heteroatoms. The van der Waals surface area contributed by atoms with Gasteiger partial charge >= 0.3 is 6.03 Å². The third-order valence-electron chi connectivity index (χ3n) is 3.10. The first-order valence-electron chi connectivity index (χ1n) is 7.02. The van der Waals surface area contributed by atoms with E-state index in [-0.39, 0.29) is 6.03 Å². The molecule has 114 valence electrons. The lowest BCUT2D eigenvalue weighted by Crippen LogP contribution is -2.37. The van der Waals surface area contributed by atoms with Gasteiger partial charge in [-0.1, -0.05) is 13.8 Å². The number of fused-ring (bicyclic) bond motifs is 1. The second-order valence-corrected chi connectivity index (χ2v) is 5.38. The minimum Gasteiger partial charge on any atom is -0.367 e. The Labute approximate surface area is 124 Å². The first-order valence-corrected chi connectivity index (χ1v) is 7.02. The van der Waals surface area contributed by atoms with E-state index in [1.54, 1.807) is 20.3 Å². The highest BCUT2D eigenvalue weighted by atomic mass is 16.2. The van der Waals surface area contributed by atoms with Gasteiger partial charge in [0.05, 0.1) is 5.69 Å². The lowest BCUT2D eigenvalue weighted by Gasteiger charge is -2.12. The van der Waals surface area contributed by atoms with E-state index < -0.39 is 0 Å². The summed E-state index contributed by atoms with van der Waals surface area (Å²) in [7, 11) is 3.43. The first-order chi connectivity index (χ1) is 9.99. The molecule has 0 unspecified atom stereocenters. The van der Waals surface area contributed by atoms with Gasteiger partial charge in [0, 0.05) is 39.6 Å². The van der Waals surface area contributed by atoms with Crippen LogP contribution in [0.25, 0.3) is 5.52 Å². The number of urea groups is 1. The predicted octanol–water partition coefficient (Wildman–Crippen LogP) is 1.54. The molecule has 0 radical (unpaired) electrons. The number of rotatable bonds is 5. The van der Waals surface area contributed by atoms with E-state index in [0.29, 0.717) is 19.0 Å². The zero-order valence-electron chi connectivity index (χ0n) is 12.9. The first kappa shape index (κ1) is 15.1. The molecule has 0 fully saturated rings. The maximum absolute atomic E-state index is 11.4. The fraction of sp³-hybridized carbons (Fsp3) is 0.500. The summed E-state index contributed by atoms with van der Waals surface area (Å²) < 4.78 is 1.82. The number of anilines is 1. The molecule has 21 heavy (non-hydrogen) atoms. The van der Waals surface area contributed by atoms with E-state index in [9.17, 15) is 4.79 Å². The van der Waals surface area contributed by atoms with Crippen LogP contribution in [0.3, 0.4) is 0 Å². The minimum atomic E-state index is -0.102. The summed E-state index contributed by atoms with van der Waals surface area (Å²) in [6, 6.07) is 1.94. The van der Waals surface area contributed by atoms with Crippen LogP contribution in [0.1, 0.15) is 25.5 Å². The molecule has 0 aliphatic rings. The highest BCUT2D eigenvalue weighted by Gasteiger charge is 2.09. The summed E-state index contributed by atoms with van der Waals surface area (Å²) in [4.78, 5) is 17.2. The largest absolute Gasteiger partial charge is 0.367 e. The second kappa shape index (κ2) is 6.43. The highest BCUT2D eigenvalue weighted by molar-refractivity contribution is 5.73. The molecule has 2 aromatic heterocycles. The second-order valence-electron chi connectivity index (χ2n) is 5.38. The minimum absolute atomic E-state index is 0.102. The van der Waals surface area contributed by atoms with Crippen LogP contribution in [0.2, 0.25) is 0 Å². The Kier molecular flexibility index (Phi) is 4.62. The van der Waals surface area contributed by atoms with Crippen LogP contribution in [0, 0.1) is 0 Å². The molecule has 2 N–H and O–H groups in total. The molecule has 2 aromatic rings. The summed E-state index contributed by atoms with van der Waals surface area (Å²) in [6.45, 7) is 5.36. The molecule has 0 aliphatic carbocycles.